The summed E-state index contributed by atoms with van der Waals surface area (Å²) >= 11 is 1.70. The summed E-state index contributed by atoms with van der Waals surface area (Å²) < 4.78 is 6.60. The Kier molecular flexibility index (Phi) is 4.06. The van der Waals surface area contributed by atoms with E-state index >= 15 is 0 Å². The first kappa shape index (κ1) is 14.5. The number of aryl methyl sites for hydroxylation is 1. The molecule has 1 N–H and O–H groups in total. The van der Waals surface area contributed by atoms with Crippen molar-refractivity contribution < 1.29 is 9.53 Å². The van der Waals surface area contributed by atoms with Crippen LogP contribution in [0.5, 0.6) is 5.75 Å². The molecule has 0 aliphatic heterocycles. The Morgan fingerprint density at radius 2 is 1.91 bits per heavy atom. The molecule has 1 aromatic heterocycles. The van der Waals surface area contributed by atoms with E-state index in [1.165, 1.54) is 4.70 Å². The van der Waals surface area contributed by atoms with Crippen molar-refractivity contribution in [2.45, 2.75) is 6.92 Å². The number of carbonyl (C=O) groups excluding carboxylic acids is 1. The Morgan fingerprint density at radius 3 is 2.64 bits per heavy atom. The summed E-state index contributed by atoms with van der Waals surface area (Å²) in [5.74, 6) is 0.534. The van der Waals surface area contributed by atoms with Crippen molar-refractivity contribution in [3.05, 3.63) is 47.5 Å². The fraction of sp³-hybridized carbons (Fsp3) is 0.176. The molecule has 0 atom stereocenters. The standard InChI is InChI=1S/C17H16N2O2S/c1-11-19-15-9-13(5-8-16(15)22-11)12-3-6-14(7-4-12)21-10-17(20)18-2/h3-9H,10H2,1-2H3,(H,18,20). The average molecular weight is 312 g/mol. The lowest BCUT2D eigenvalue weighted by atomic mass is 10.1. The summed E-state index contributed by atoms with van der Waals surface area (Å²) in [6.45, 7) is 2.04. The van der Waals surface area contributed by atoms with Crippen LogP contribution in [0.25, 0.3) is 21.3 Å². The van der Waals surface area contributed by atoms with Gasteiger partial charge in [-0.05, 0) is 42.3 Å². The fourth-order valence-corrected chi connectivity index (χ4v) is 2.99. The maximum absolute atomic E-state index is 11.2. The van der Waals surface area contributed by atoms with Crippen LogP contribution in [0.2, 0.25) is 0 Å². The largest absolute Gasteiger partial charge is 0.484 e. The monoisotopic (exact) mass is 312 g/mol. The highest BCUT2D eigenvalue weighted by Crippen LogP contribution is 2.28. The van der Waals surface area contributed by atoms with E-state index in [1.54, 1.807) is 18.4 Å². The lowest BCUT2D eigenvalue weighted by Gasteiger charge is -2.06. The lowest BCUT2D eigenvalue weighted by molar-refractivity contribution is -0.122. The van der Waals surface area contributed by atoms with Gasteiger partial charge in [-0.3, -0.25) is 4.79 Å². The number of ether oxygens (including phenoxy) is 1. The van der Waals surface area contributed by atoms with Gasteiger partial charge in [0.2, 0.25) is 0 Å². The molecule has 3 aromatic rings. The molecule has 0 spiro atoms. The number of amides is 1. The Bertz CT molecular complexity index is 809. The van der Waals surface area contributed by atoms with E-state index in [-0.39, 0.29) is 12.5 Å². The second kappa shape index (κ2) is 6.15. The Labute approximate surface area is 132 Å². The zero-order valence-electron chi connectivity index (χ0n) is 12.4. The molecule has 112 valence electrons. The highest BCUT2D eigenvalue weighted by molar-refractivity contribution is 7.18. The van der Waals surface area contributed by atoms with Gasteiger partial charge in [0.25, 0.3) is 5.91 Å². The molecule has 0 unspecified atom stereocenters. The van der Waals surface area contributed by atoms with E-state index in [4.69, 9.17) is 4.74 Å². The average Bonchev–Trinajstić information content (AvgIpc) is 2.92. The van der Waals surface area contributed by atoms with Gasteiger partial charge in [-0.1, -0.05) is 18.2 Å². The quantitative estimate of drug-likeness (QED) is 0.803. The highest BCUT2D eigenvalue weighted by Gasteiger charge is 2.05. The van der Waals surface area contributed by atoms with Gasteiger partial charge >= 0.3 is 0 Å². The van der Waals surface area contributed by atoms with E-state index in [2.05, 4.69) is 28.5 Å². The predicted octanol–water partition coefficient (Wildman–Crippen LogP) is 3.40. The number of thiazole rings is 1. The maximum atomic E-state index is 11.2. The predicted molar refractivity (Wildman–Crippen MR) is 89.4 cm³/mol. The van der Waals surface area contributed by atoms with Crippen LogP contribution < -0.4 is 10.1 Å². The van der Waals surface area contributed by atoms with Gasteiger partial charge in [-0.2, -0.15) is 0 Å². The van der Waals surface area contributed by atoms with Crippen LogP contribution in [0.15, 0.2) is 42.5 Å². The van der Waals surface area contributed by atoms with Gasteiger partial charge in [0.1, 0.15) is 5.75 Å². The smallest absolute Gasteiger partial charge is 0.257 e. The van der Waals surface area contributed by atoms with Crippen LogP contribution in [-0.4, -0.2) is 24.5 Å². The number of nitrogens with zero attached hydrogens (tertiary/aromatic N) is 1. The molecular formula is C17H16N2O2S. The van der Waals surface area contributed by atoms with E-state index in [9.17, 15) is 4.79 Å². The number of benzene rings is 2. The van der Waals surface area contributed by atoms with Gasteiger partial charge < -0.3 is 10.1 Å². The number of fused-ring (bicyclic) bond motifs is 1. The molecule has 1 heterocycles. The minimum absolute atomic E-state index is 0.0277. The minimum Gasteiger partial charge on any atom is -0.484 e. The molecule has 0 fully saturated rings. The highest BCUT2D eigenvalue weighted by atomic mass is 32.1. The summed E-state index contributed by atoms with van der Waals surface area (Å²) in [7, 11) is 1.59. The molecule has 0 saturated heterocycles. The van der Waals surface area contributed by atoms with Crippen molar-refractivity contribution in [3.63, 3.8) is 0 Å². The van der Waals surface area contributed by atoms with Gasteiger partial charge in [0.15, 0.2) is 6.61 Å². The number of carbonyl (C=O) groups is 1. The van der Waals surface area contributed by atoms with E-state index in [1.807, 2.05) is 31.2 Å². The molecule has 0 radical (unpaired) electrons. The van der Waals surface area contributed by atoms with E-state index in [0.717, 1.165) is 21.7 Å². The van der Waals surface area contributed by atoms with Crippen molar-refractivity contribution in [1.82, 2.24) is 10.3 Å². The summed E-state index contributed by atoms with van der Waals surface area (Å²) in [4.78, 5) is 15.7. The molecule has 22 heavy (non-hydrogen) atoms. The molecule has 1 amide bonds. The first-order chi connectivity index (χ1) is 10.7. The zero-order valence-corrected chi connectivity index (χ0v) is 13.2. The first-order valence-corrected chi connectivity index (χ1v) is 7.78. The van der Waals surface area contributed by atoms with E-state index < -0.39 is 0 Å². The number of likely N-dealkylation sites (N-methyl/N-ethyl adjacent to an activating group) is 1. The summed E-state index contributed by atoms with van der Waals surface area (Å²) in [5, 5.41) is 3.60. The van der Waals surface area contributed by atoms with Crippen molar-refractivity contribution >= 4 is 27.5 Å². The third-order valence-corrected chi connectivity index (χ3v) is 4.28. The van der Waals surface area contributed by atoms with Crippen molar-refractivity contribution in [1.29, 1.82) is 0 Å². The number of rotatable bonds is 4. The molecular weight excluding hydrogens is 296 g/mol. The summed E-state index contributed by atoms with van der Waals surface area (Å²) in [6, 6.07) is 14.0. The van der Waals surface area contributed by atoms with Crippen LogP contribution in [0.3, 0.4) is 0 Å². The molecule has 3 rings (SSSR count). The fourth-order valence-electron chi connectivity index (χ4n) is 2.19. The molecule has 0 aliphatic rings. The number of nitrogens with one attached hydrogen (secondary N) is 1. The second-order valence-electron chi connectivity index (χ2n) is 4.90. The van der Waals surface area contributed by atoms with Crippen LogP contribution in [0.4, 0.5) is 0 Å². The molecule has 4 nitrogen and oxygen atoms in total. The van der Waals surface area contributed by atoms with Gasteiger partial charge in [0, 0.05) is 7.05 Å². The van der Waals surface area contributed by atoms with Gasteiger partial charge in [-0.15, -0.1) is 11.3 Å². The summed E-state index contributed by atoms with van der Waals surface area (Å²) in [5.41, 5.74) is 3.25. The van der Waals surface area contributed by atoms with Crippen LogP contribution >= 0.6 is 11.3 Å². The van der Waals surface area contributed by atoms with Gasteiger partial charge in [0.05, 0.1) is 15.2 Å². The molecule has 0 bridgehead atoms. The number of hydrogen-bond donors (Lipinski definition) is 1. The topological polar surface area (TPSA) is 51.2 Å². The van der Waals surface area contributed by atoms with E-state index in [0.29, 0.717) is 5.75 Å². The zero-order chi connectivity index (χ0) is 15.5. The third kappa shape index (κ3) is 3.09. The Morgan fingerprint density at radius 1 is 1.18 bits per heavy atom. The van der Waals surface area contributed by atoms with Crippen molar-refractivity contribution in [3.8, 4) is 16.9 Å². The van der Waals surface area contributed by atoms with Gasteiger partial charge in [-0.25, -0.2) is 4.98 Å². The summed E-state index contributed by atoms with van der Waals surface area (Å²) in [6.07, 6.45) is 0. The minimum atomic E-state index is -0.145. The molecule has 0 aliphatic carbocycles. The SMILES string of the molecule is CNC(=O)COc1ccc(-c2ccc3sc(C)nc3c2)cc1. The van der Waals surface area contributed by atoms with Crippen LogP contribution in [0.1, 0.15) is 5.01 Å². The Hall–Kier alpha value is -2.40. The maximum Gasteiger partial charge on any atom is 0.257 e. The van der Waals surface area contributed by atoms with Crippen LogP contribution in [0, 0.1) is 6.92 Å². The van der Waals surface area contributed by atoms with Crippen LogP contribution in [-0.2, 0) is 4.79 Å². The lowest BCUT2D eigenvalue weighted by Crippen LogP contribution is -2.24. The molecule has 2 aromatic carbocycles. The third-order valence-electron chi connectivity index (χ3n) is 3.33. The number of hydrogen-bond acceptors (Lipinski definition) is 4. The normalized spacial score (nSPS) is 10.6. The molecule has 5 heteroatoms. The number of aromatic nitrogens is 1. The first-order valence-electron chi connectivity index (χ1n) is 6.97. The molecule has 0 saturated carbocycles. The second-order valence-corrected chi connectivity index (χ2v) is 6.14. The van der Waals surface area contributed by atoms with Crippen molar-refractivity contribution in [2.75, 3.05) is 13.7 Å². The van der Waals surface area contributed by atoms with Crippen molar-refractivity contribution in [2.24, 2.45) is 0 Å². The Balaban J connectivity index is 1.80.